The van der Waals surface area contributed by atoms with Crippen LogP contribution in [0.4, 0.5) is 0 Å². The highest BCUT2D eigenvalue weighted by molar-refractivity contribution is 7.82. The standard InChI is InChI=1S/C15H24N2O3S/c1-13(2)11-17(10-4-9-16-12-18)21(19)15-7-5-14(20-3)6-8-15/h5-8,12-13H,4,9-11H2,1-3H3,(H,16,18). The van der Waals surface area contributed by atoms with Crippen LogP contribution >= 0.6 is 0 Å². The lowest BCUT2D eigenvalue weighted by molar-refractivity contribution is -0.109. The second kappa shape index (κ2) is 9.52. The van der Waals surface area contributed by atoms with Gasteiger partial charge in [0, 0.05) is 19.6 Å². The van der Waals surface area contributed by atoms with Gasteiger partial charge in [0.05, 0.1) is 12.0 Å². The molecule has 0 heterocycles. The first-order valence-corrected chi connectivity index (χ1v) is 8.17. The van der Waals surface area contributed by atoms with E-state index in [4.69, 9.17) is 4.74 Å². The molecule has 1 aromatic rings. The van der Waals surface area contributed by atoms with Crippen LogP contribution < -0.4 is 10.1 Å². The fraction of sp³-hybridized carbons (Fsp3) is 0.533. The summed E-state index contributed by atoms with van der Waals surface area (Å²) in [4.78, 5) is 11.0. The Bertz CT molecular complexity index is 449. The number of hydrogen-bond donors (Lipinski definition) is 1. The molecule has 0 radical (unpaired) electrons. The quantitative estimate of drug-likeness (QED) is 0.529. The van der Waals surface area contributed by atoms with Crippen LogP contribution in [0.25, 0.3) is 0 Å². The normalized spacial score (nSPS) is 12.4. The number of rotatable bonds is 10. The van der Waals surface area contributed by atoms with Gasteiger partial charge in [0.15, 0.2) is 0 Å². The van der Waals surface area contributed by atoms with E-state index in [1.54, 1.807) is 7.11 Å². The lowest BCUT2D eigenvalue weighted by Gasteiger charge is -2.23. The molecule has 0 aromatic heterocycles. The van der Waals surface area contributed by atoms with Crippen LogP contribution in [0.15, 0.2) is 29.2 Å². The molecule has 1 rings (SSSR count). The molecule has 0 spiro atoms. The average molecular weight is 312 g/mol. The molecule has 5 nitrogen and oxygen atoms in total. The van der Waals surface area contributed by atoms with Crippen LogP contribution in [-0.4, -0.2) is 41.7 Å². The maximum atomic E-state index is 12.6. The monoisotopic (exact) mass is 312 g/mol. The third kappa shape index (κ3) is 6.27. The zero-order valence-corrected chi connectivity index (χ0v) is 13.7. The van der Waals surface area contributed by atoms with Gasteiger partial charge in [0.25, 0.3) is 0 Å². The number of ether oxygens (including phenoxy) is 1. The molecule has 1 aromatic carbocycles. The first-order valence-electron chi connectivity index (χ1n) is 7.06. The largest absolute Gasteiger partial charge is 0.497 e. The van der Waals surface area contributed by atoms with E-state index in [0.717, 1.165) is 23.6 Å². The molecule has 1 amide bonds. The van der Waals surface area contributed by atoms with Gasteiger partial charge in [0.1, 0.15) is 16.7 Å². The molecule has 0 saturated carbocycles. The maximum Gasteiger partial charge on any atom is 0.207 e. The molecule has 0 fully saturated rings. The van der Waals surface area contributed by atoms with Crippen molar-refractivity contribution >= 4 is 17.4 Å². The first kappa shape index (κ1) is 17.7. The highest BCUT2D eigenvalue weighted by Gasteiger charge is 2.16. The summed E-state index contributed by atoms with van der Waals surface area (Å²) in [5, 5.41) is 2.63. The van der Waals surface area contributed by atoms with Gasteiger partial charge < -0.3 is 10.1 Å². The van der Waals surface area contributed by atoms with E-state index in [-0.39, 0.29) is 0 Å². The Labute approximate surface area is 129 Å². The summed E-state index contributed by atoms with van der Waals surface area (Å²) in [7, 11) is 0.412. The van der Waals surface area contributed by atoms with E-state index in [1.807, 2.05) is 28.6 Å². The van der Waals surface area contributed by atoms with Crippen LogP contribution in [0.1, 0.15) is 20.3 Å². The summed E-state index contributed by atoms with van der Waals surface area (Å²) in [6.07, 6.45) is 1.46. The van der Waals surface area contributed by atoms with Gasteiger partial charge >= 0.3 is 0 Å². The molecule has 1 atom stereocenters. The summed E-state index contributed by atoms with van der Waals surface area (Å²) < 4.78 is 19.7. The molecule has 0 bridgehead atoms. The Hall–Kier alpha value is -1.40. The number of amides is 1. The summed E-state index contributed by atoms with van der Waals surface area (Å²) in [5.74, 6) is 1.17. The van der Waals surface area contributed by atoms with Crippen molar-refractivity contribution in [1.82, 2.24) is 9.62 Å². The summed E-state index contributed by atoms with van der Waals surface area (Å²) in [6.45, 7) is 6.22. The number of carbonyl (C=O) groups excluding carboxylic acids is 1. The highest BCUT2D eigenvalue weighted by Crippen LogP contribution is 2.17. The first-order chi connectivity index (χ1) is 10.1. The number of carbonyl (C=O) groups is 1. The van der Waals surface area contributed by atoms with Crippen molar-refractivity contribution in [2.75, 3.05) is 26.7 Å². The maximum absolute atomic E-state index is 12.6. The molecule has 0 aliphatic rings. The third-order valence-corrected chi connectivity index (χ3v) is 4.35. The second-order valence-electron chi connectivity index (χ2n) is 5.13. The summed E-state index contributed by atoms with van der Waals surface area (Å²) in [5.41, 5.74) is 0. The van der Waals surface area contributed by atoms with Crippen LogP contribution in [0.5, 0.6) is 5.75 Å². The summed E-state index contributed by atoms with van der Waals surface area (Å²) >= 11 is 0. The van der Waals surface area contributed by atoms with Crippen LogP contribution in [0.3, 0.4) is 0 Å². The smallest absolute Gasteiger partial charge is 0.207 e. The van der Waals surface area contributed by atoms with Crippen molar-refractivity contribution in [3.63, 3.8) is 0 Å². The minimum absolute atomic E-state index is 0.422. The molecular weight excluding hydrogens is 288 g/mol. The van der Waals surface area contributed by atoms with Crippen LogP contribution in [0.2, 0.25) is 0 Å². The van der Waals surface area contributed by atoms with Crippen molar-refractivity contribution in [2.45, 2.75) is 25.2 Å². The predicted molar refractivity (Wildman–Crippen MR) is 84.5 cm³/mol. The fourth-order valence-electron chi connectivity index (χ4n) is 1.91. The zero-order valence-electron chi connectivity index (χ0n) is 12.9. The molecule has 0 aliphatic carbocycles. The zero-order chi connectivity index (χ0) is 15.7. The van der Waals surface area contributed by atoms with Crippen molar-refractivity contribution in [3.8, 4) is 5.75 Å². The second-order valence-corrected chi connectivity index (χ2v) is 6.62. The van der Waals surface area contributed by atoms with Gasteiger partial charge in [-0.1, -0.05) is 13.8 Å². The van der Waals surface area contributed by atoms with Crippen molar-refractivity contribution in [1.29, 1.82) is 0 Å². The molecule has 1 N–H and O–H groups in total. The minimum Gasteiger partial charge on any atom is -0.497 e. The van der Waals surface area contributed by atoms with E-state index in [1.165, 1.54) is 0 Å². The molecule has 0 saturated heterocycles. The molecule has 6 heteroatoms. The van der Waals surface area contributed by atoms with Crippen LogP contribution in [0, 0.1) is 5.92 Å². The van der Waals surface area contributed by atoms with Gasteiger partial charge in [-0.15, -0.1) is 0 Å². The van der Waals surface area contributed by atoms with Gasteiger partial charge in [-0.25, -0.2) is 8.51 Å². The number of nitrogens with zero attached hydrogens (tertiary/aromatic N) is 1. The summed E-state index contributed by atoms with van der Waals surface area (Å²) in [6, 6.07) is 7.28. The average Bonchev–Trinajstić information content (AvgIpc) is 2.49. The molecule has 118 valence electrons. The Kier molecular flexibility index (Phi) is 8.00. The van der Waals surface area contributed by atoms with Gasteiger partial charge in [0.2, 0.25) is 6.41 Å². The number of methoxy groups -OCH3 is 1. The highest BCUT2D eigenvalue weighted by atomic mass is 32.2. The third-order valence-electron chi connectivity index (χ3n) is 2.88. The Morgan fingerprint density at radius 3 is 2.52 bits per heavy atom. The van der Waals surface area contributed by atoms with Crippen molar-refractivity contribution in [3.05, 3.63) is 24.3 Å². The minimum atomic E-state index is -1.20. The number of benzene rings is 1. The lowest BCUT2D eigenvalue weighted by atomic mass is 10.2. The van der Waals surface area contributed by atoms with Crippen molar-refractivity contribution in [2.24, 2.45) is 5.92 Å². The molecular formula is C15H24N2O3S. The Morgan fingerprint density at radius 1 is 1.33 bits per heavy atom. The molecule has 21 heavy (non-hydrogen) atoms. The topological polar surface area (TPSA) is 58.6 Å². The molecule has 1 unspecified atom stereocenters. The Balaban J connectivity index is 2.70. The van der Waals surface area contributed by atoms with E-state index >= 15 is 0 Å². The number of hydrogen-bond acceptors (Lipinski definition) is 3. The van der Waals surface area contributed by atoms with Crippen LogP contribution in [-0.2, 0) is 15.8 Å². The van der Waals surface area contributed by atoms with Gasteiger partial charge in [-0.3, -0.25) is 4.79 Å². The Morgan fingerprint density at radius 2 is 2.00 bits per heavy atom. The lowest BCUT2D eigenvalue weighted by Crippen LogP contribution is -2.32. The van der Waals surface area contributed by atoms with Crippen molar-refractivity contribution < 1.29 is 13.7 Å². The van der Waals surface area contributed by atoms with Gasteiger partial charge in [-0.2, -0.15) is 0 Å². The van der Waals surface area contributed by atoms with E-state index in [9.17, 15) is 9.00 Å². The SMILES string of the molecule is COc1ccc(S(=O)N(CCCNC=O)CC(C)C)cc1. The molecule has 0 aliphatic heterocycles. The fourth-order valence-corrected chi connectivity index (χ4v) is 3.30. The van der Waals surface area contributed by atoms with E-state index < -0.39 is 11.0 Å². The number of nitrogens with one attached hydrogen (secondary N) is 1. The van der Waals surface area contributed by atoms with E-state index in [0.29, 0.717) is 25.4 Å². The van der Waals surface area contributed by atoms with Gasteiger partial charge in [-0.05, 0) is 36.6 Å². The predicted octanol–water partition coefficient (Wildman–Crippen LogP) is 1.81. The van der Waals surface area contributed by atoms with E-state index in [2.05, 4.69) is 19.2 Å².